The highest BCUT2D eigenvalue weighted by Crippen LogP contribution is 2.27. The number of H-pyrrole nitrogens is 1. The van der Waals surface area contributed by atoms with Crippen molar-refractivity contribution in [1.82, 2.24) is 15.2 Å². The molecule has 0 fully saturated rings. The quantitative estimate of drug-likeness (QED) is 0.674. The molecule has 0 spiro atoms. The summed E-state index contributed by atoms with van der Waals surface area (Å²) < 4.78 is 5.19. The Morgan fingerprint density at radius 3 is 2.65 bits per heavy atom. The lowest BCUT2D eigenvalue weighted by Crippen LogP contribution is -2.31. The van der Waals surface area contributed by atoms with E-state index in [0.717, 1.165) is 0 Å². The van der Waals surface area contributed by atoms with Gasteiger partial charge in [0, 0.05) is 18.5 Å². The summed E-state index contributed by atoms with van der Waals surface area (Å²) in [7, 11) is 5.39. The van der Waals surface area contributed by atoms with Crippen LogP contribution in [0.25, 0.3) is 21.8 Å². The first-order valence-corrected chi connectivity index (χ1v) is 8.55. The SMILES string of the molecule is COc1ccc2[nH]c3ccc(C(=O)NCCN(C)C)c(Cl)c3c(=O)c2c1. The fraction of sp³-hybridized carbons (Fsp3) is 0.263. The summed E-state index contributed by atoms with van der Waals surface area (Å²) in [5.41, 5.74) is 1.32. The number of methoxy groups -OCH3 is 1. The highest BCUT2D eigenvalue weighted by molar-refractivity contribution is 6.38. The minimum atomic E-state index is -0.302. The number of likely N-dealkylation sites (N-methyl/N-ethyl adjacent to an activating group) is 1. The van der Waals surface area contributed by atoms with E-state index in [2.05, 4.69) is 10.3 Å². The molecule has 136 valence electrons. The number of hydrogen-bond donors (Lipinski definition) is 2. The van der Waals surface area contributed by atoms with E-state index in [-0.39, 0.29) is 21.9 Å². The van der Waals surface area contributed by atoms with Crippen LogP contribution in [0, 0.1) is 0 Å². The third-order valence-electron chi connectivity index (χ3n) is 4.20. The van der Waals surface area contributed by atoms with Crippen molar-refractivity contribution in [2.24, 2.45) is 0 Å². The molecule has 3 rings (SSSR count). The number of rotatable bonds is 5. The number of halogens is 1. The molecule has 0 aliphatic carbocycles. The van der Waals surface area contributed by atoms with Crippen molar-refractivity contribution in [2.75, 3.05) is 34.3 Å². The van der Waals surface area contributed by atoms with Crippen LogP contribution in [0.15, 0.2) is 35.1 Å². The van der Waals surface area contributed by atoms with Gasteiger partial charge in [-0.2, -0.15) is 0 Å². The number of hydrogen-bond acceptors (Lipinski definition) is 4. The second-order valence-electron chi connectivity index (χ2n) is 6.27. The third-order valence-corrected chi connectivity index (χ3v) is 4.59. The number of aromatic nitrogens is 1. The van der Waals surface area contributed by atoms with Gasteiger partial charge in [-0.15, -0.1) is 0 Å². The molecule has 0 saturated heterocycles. The molecule has 0 unspecified atom stereocenters. The van der Waals surface area contributed by atoms with E-state index in [1.165, 1.54) is 0 Å². The Bertz CT molecular complexity index is 1040. The van der Waals surface area contributed by atoms with Gasteiger partial charge in [-0.1, -0.05) is 11.6 Å². The second kappa shape index (κ2) is 7.35. The summed E-state index contributed by atoms with van der Waals surface area (Å²) in [6, 6.07) is 8.55. The van der Waals surface area contributed by atoms with Gasteiger partial charge in [0.2, 0.25) is 0 Å². The average Bonchev–Trinajstić information content (AvgIpc) is 2.61. The summed E-state index contributed by atoms with van der Waals surface area (Å²) in [5.74, 6) is 0.278. The molecule has 1 aromatic heterocycles. The maximum atomic E-state index is 13.0. The number of ether oxygens (including phenoxy) is 1. The van der Waals surface area contributed by atoms with E-state index in [0.29, 0.717) is 40.6 Å². The first kappa shape index (κ1) is 18.2. The van der Waals surface area contributed by atoms with Gasteiger partial charge in [-0.25, -0.2) is 0 Å². The fourth-order valence-electron chi connectivity index (χ4n) is 2.79. The fourth-order valence-corrected chi connectivity index (χ4v) is 3.13. The maximum Gasteiger partial charge on any atom is 0.252 e. The lowest BCUT2D eigenvalue weighted by molar-refractivity contribution is 0.0951. The largest absolute Gasteiger partial charge is 0.497 e. The molecule has 2 aromatic carbocycles. The number of fused-ring (bicyclic) bond motifs is 2. The van der Waals surface area contributed by atoms with Crippen LogP contribution in [0.3, 0.4) is 0 Å². The highest BCUT2D eigenvalue weighted by atomic mass is 35.5. The molecule has 3 aromatic rings. The van der Waals surface area contributed by atoms with E-state index < -0.39 is 0 Å². The van der Waals surface area contributed by atoms with Crippen LogP contribution in [-0.2, 0) is 0 Å². The molecule has 1 amide bonds. The third kappa shape index (κ3) is 3.38. The smallest absolute Gasteiger partial charge is 0.252 e. The number of carbonyl (C=O) groups is 1. The van der Waals surface area contributed by atoms with E-state index in [1.807, 2.05) is 19.0 Å². The van der Waals surface area contributed by atoms with Gasteiger partial charge in [0.15, 0.2) is 5.43 Å². The Balaban J connectivity index is 2.10. The summed E-state index contributed by atoms with van der Waals surface area (Å²) in [5, 5.41) is 3.72. The number of aromatic amines is 1. The van der Waals surface area contributed by atoms with Crippen LogP contribution in [0.1, 0.15) is 10.4 Å². The van der Waals surface area contributed by atoms with Crippen LogP contribution in [0.5, 0.6) is 5.75 Å². The molecule has 1 heterocycles. The topological polar surface area (TPSA) is 74.4 Å². The molecule has 0 aliphatic rings. The van der Waals surface area contributed by atoms with E-state index in [1.54, 1.807) is 37.4 Å². The van der Waals surface area contributed by atoms with Gasteiger partial charge >= 0.3 is 0 Å². The van der Waals surface area contributed by atoms with Gasteiger partial charge in [0.1, 0.15) is 5.75 Å². The van der Waals surface area contributed by atoms with Crippen molar-refractivity contribution in [3.05, 3.63) is 51.1 Å². The highest BCUT2D eigenvalue weighted by Gasteiger charge is 2.17. The van der Waals surface area contributed by atoms with E-state index in [9.17, 15) is 9.59 Å². The molecule has 0 radical (unpaired) electrons. The zero-order chi connectivity index (χ0) is 18.8. The van der Waals surface area contributed by atoms with Gasteiger partial charge in [-0.3, -0.25) is 9.59 Å². The number of pyridine rings is 1. The minimum absolute atomic E-state index is 0.149. The summed E-state index contributed by atoms with van der Waals surface area (Å²) in [4.78, 5) is 30.5. The number of carbonyl (C=O) groups excluding carboxylic acids is 1. The monoisotopic (exact) mass is 373 g/mol. The first-order valence-electron chi connectivity index (χ1n) is 8.17. The molecular formula is C19H20ClN3O3. The molecule has 0 bridgehead atoms. The molecule has 7 heteroatoms. The van der Waals surface area contributed by atoms with Crippen molar-refractivity contribution in [2.45, 2.75) is 0 Å². The van der Waals surface area contributed by atoms with Crippen LogP contribution in [0.4, 0.5) is 0 Å². The Kier molecular flexibility index (Phi) is 5.15. The predicted molar refractivity (Wildman–Crippen MR) is 105 cm³/mol. The van der Waals surface area contributed by atoms with Crippen LogP contribution < -0.4 is 15.5 Å². The number of nitrogens with zero attached hydrogens (tertiary/aromatic N) is 1. The standard InChI is InChI=1S/C19H20ClN3O3/c1-23(2)9-8-21-19(25)12-5-7-15-16(17(12)20)18(24)13-10-11(26-3)4-6-14(13)22-15/h4-7,10H,8-9H2,1-3H3,(H,21,25)(H,22,24). The van der Waals surface area contributed by atoms with Crippen molar-refractivity contribution in [3.8, 4) is 5.75 Å². The van der Waals surface area contributed by atoms with Crippen molar-refractivity contribution in [1.29, 1.82) is 0 Å². The number of nitrogens with one attached hydrogen (secondary N) is 2. The molecule has 6 nitrogen and oxygen atoms in total. The van der Waals surface area contributed by atoms with Crippen molar-refractivity contribution < 1.29 is 9.53 Å². The predicted octanol–water partition coefficient (Wildman–Crippen LogP) is 2.63. The summed E-state index contributed by atoms with van der Waals surface area (Å²) >= 11 is 6.43. The maximum absolute atomic E-state index is 13.0. The lowest BCUT2D eigenvalue weighted by Gasteiger charge is -2.12. The van der Waals surface area contributed by atoms with Gasteiger partial charge < -0.3 is 19.9 Å². The lowest BCUT2D eigenvalue weighted by atomic mass is 10.1. The van der Waals surface area contributed by atoms with Gasteiger partial charge in [0.05, 0.1) is 34.1 Å². The second-order valence-corrected chi connectivity index (χ2v) is 6.65. The summed E-state index contributed by atoms with van der Waals surface area (Å²) in [6.45, 7) is 1.20. The van der Waals surface area contributed by atoms with E-state index >= 15 is 0 Å². The molecular weight excluding hydrogens is 354 g/mol. The molecule has 0 atom stereocenters. The zero-order valence-electron chi connectivity index (χ0n) is 14.9. The Morgan fingerprint density at radius 2 is 1.96 bits per heavy atom. The normalized spacial score (nSPS) is 11.3. The van der Waals surface area contributed by atoms with Crippen LogP contribution >= 0.6 is 11.6 Å². The molecule has 0 aliphatic heterocycles. The molecule has 2 N–H and O–H groups in total. The first-order chi connectivity index (χ1) is 12.4. The van der Waals surface area contributed by atoms with Gasteiger partial charge in [0.25, 0.3) is 5.91 Å². The van der Waals surface area contributed by atoms with E-state index in [4.69, 9.17) is 16.3 Å². The Hall–Kier alpha value is -2.57. The van der Waals surface area contributed by atoms with Crippen LogP contribution in [-0.4, -0.2) is 50.1 Å². The van der Waals surface area contributed by atoms with Crippen molar-refractivity contribution in [3.63, 3.8) is 0 Å². The molecule has 26 heavy (non-hydrogen) atoms. The zero-order valence-corrected chi connectivity index (χ0v) is 15.6. The summed E-state index contributed by atoms with van der Waals surface area (Å²) in [6.07, 6.45) is 0. The average molecular weight is 374 g/mol. The Labute approximate surface area is 155 Å². The minimum Gasteiger partial charge on any atom is -0.497 e. The van der Waals surface area contributed by atoms with Crippen LogP contribution in [0.2, 0.25) is 5.02 Å². The number of benzene rings is 2. The van der Waals surface area contributed by atoms with Crippen molar-refractivity contribution >= 4 is 39.3 Å². The number of amides is 1. The molecule has 0 saturated carbocycles. The Morgan fingerprint density at radius 1 is 1.23 bits per heavy atom. The van der Waals surface area contributed by atoms with Gasteiger partial charge in [-0.05, 0) is 44.4 Å².